The first-order valence-corrected chi connectivity index (χ1v) is 4.34. The van der Waals surface area contributed by atoms with Crippen LogP contribution in [0, 0.1) is 13.8 Å². The number of hydrogen-bond acceptors (Lipinski definition) is 1. The number of hydrogen-bond donors (Lipinski definition) is 0. The van der Waals surface area contributed by atoms with Crippen molar-refractivity contribution in [3.05, 3.63) is 40.5 Å². The molecule has 0 aliphatic carbocycles. The van der Waals surface area contributed by atoms with Crippen molar-refractivity contribution in [1.29, 1.82) is 0 Å². The topological polar surface area (TPSA) is 17.1 Å². The molecular formula is C12H14O. The molecule has 0 amide bonds. The molecule has 68 valence electrons. The van der Waals surface area contributed by atoms with Gasteiger partial charge in [-0.2, -0.15) is 0 Å². The molecule has 0 saturated heterocycles. The molecular weight excluding hydrogens is 160 g/mol. The number of aldehydes is 1. The molecule has 0 atom stereocenters. The van der Waals surface area contributed by atoms with Gasteiger partial charge >= 0.3 is 0 Å². The van der Waals surface area contributed by atoms with Gasteiger partial charge in [0, 0.05) is 0 Å². The summed E-state index contributed by atoms with van der Waals surface area (Å²) in [5.74, 6) is 0. The van der Waals surface area contributed by atoms with Crippen LogP contribution in [0.15, 0.2) is 23.8 Å². The van der Waals surface area contributed by atoms with Gasteiger partial charge in [-0.15, -0.1) is 0 Å². The van der Waals surface area contributed by atoms with Crippen molar-refractivity contribution in [3.63, 3.8) is 0 Å². The fourth-order valence-electron chi connectivity index (χ4n) is 1.19. The molecule has 1 rings (SSSR count). The van der Waals surface area contributed by atoms with Gasteiger partial charge in [-0.3, -0.25) is 4.79 Å². The van der Waals surface area contributed by atoms with Crippen LogP contribution < -0.4 is 0 Å². The van der Waals surface area contributed by atoms with Gasteiger partial charge in [-0.05, 0) is 43.5 Å². The van der Waals surface area contributed by atoms with Gasteiger partial charge in [0.15, 0.2) is 0 Å². The van der Waals surface area contributed by atoms with Crippen LogP contribution >= 0.6 is 0 Å². The maximum atomic E-state index is 10.4. The molecule has 0 aliphatic rings. The third-order valence-electron chi connectivity index (χ3n) is 2.00. The highest BCUT2D eigenvalue weighted by atomic mass is 16.1. The Hall–Kier alpha value is -1.37. The molecule has 13 heavy (non-hydrogen) atoms. The maximum absolute atomic E-state index is 10.4. The second-order valence-corrected chi connectivity index (χ2v) is 3.37. The minimum Gasteiger partial charge on any atom is -0.298 e. The number of carbonyl (C=O) groups is 1. The average Bonchev–Trinajstić information content (AvgIpc) is 2.11. The summed E-state index contributed by atoms with van der Waals surface area (Å²) in [6.07, 6.45) is 2.79. The Bertz CT molecular complexity index is 348. The number of benzene rings is 1. The van der Waals surface area contributed by atoms with E-state index in [1.165, 1.54) is 11.1 Å². The Labute approximate surface area is 79.1 Å². The minimum absolute atomic E-state index is 0.758. The molecule has 0 saturated carbocycles. The molecule has 1 aromatic rings. The Morgan fingerprint density at radius 2 is 2.00 bits per heavy atom. The molecule has 0 unspecified atom stereocenters. The van der Waals surface area contributed by atoms with Crippen LogP contribution in [0.25, 0.3) is 6.08 Å². The summed E-state index contributed by atoms with van der Waals surface area (Å²) in [6, 6.07) is 6.23. The van der Waals surface area contributed by atoms with Crippen molar-refractivity contribution in [3.8, 4) is 0 Å². The van der Waals surface area contributed by atoms with E-state index in [1.807, 2.05) is 26.8 Å². The van der Waals surface area contributed by atoms with E-state index in [4.69, 9.17) is 0 Å². The van der Waals surface area contributed by atoms with Crippen molar-refractivity contribution in [2.45, 2.75) is 20.8 Å². The first kappa shape index (κ1) is 9.72. The highest BCUT2D eigenvalue weighted by molar-refractivity contribution is 5.81. The van der Waals surface area contributed by atoms with E-state index in [0.29, 0.717) is 0 Å². The van der Waals surface area contributed by atoms with Gasteiger partial charge < -0.3 is 0 Å². The highest BCUT2D eigenvalue weighted by Crippen LogP contribution is 2.13. The van der Waals surface area contributed by atoms with E-state index >= 15 is 0 Å². The van der Waals surface area contributed by atoms with Crippen molar-refractivity contribution in [2.75, 3.05) is 0 Å². The van der Waals surface area contributed by atoms with Crippen molar-refractivity contribution in [2.24, 2.45) is 0 Å². The van der Waals surface area contributed by atoms with Gasteiger partial charge in [0.05, 0.1) is 0 Å². The molecule has 1 heteroatoms. The lowest BCUT2D eigenvalue weighted by atomic mass is 10.0. The van der Waals surface area contributed by atoms with Gasteiger partial charge in [-0.1, -0.05) is 23.8 Å². The predicted octanol–water partition coefficient (Wildman–Crippen LogP) is 2.91. The number of carbonyl (C=O) groups excluding carboxylic acids is 1. The fourth-order valence-corrected chi connectivity index (χ4v) is 1.19. The van der Waals surface area contributed by atoms with Crippen LogP contribution in [0.5, 0.6) is 0 Å². The third kappa shape index (κ3) is 2.55. The van der Waals surface area contributed by atoms with E-state index in [-0.39, 0.29) is 0 Å². The zero-order chi connectivity index (χ0) is 9.84. The van der Waals surface area contributed by atoms with Crippen LogP contribution in [0.2, 0.25) is 0 Å². The van der Waals surface area contributed by atoms with Gasteiger partial charge in [0.1, 0.15) is 6.29 Å². The Morgan fingerprint density at radius 3 is 2.62 bits per heavy atom. The van der Waals surface area contributed by atoms with Crippen molar-refractivity contribution < 1.29 is 4.79 Å². The second-order valence-electron chi connectivity index (χ2n) is 3.37. The van der Waals surface area contributed by atoms with Crippen LogP contribution in [0.3, 0.4) is 0 Å². The molecule has 0 N–H and O–H groups in total. The van der Waals surface area contributed by atoms with Crippen molar-refractivity contribution >= 4 is 12.4 Å². The third-order valence-corrected chi connectivity index (χ3v) is 2.00. The Morgan fingerprint density at radius 1 is 1.31 bits per heavy atom. The largest absolute Gasteiger partial charge is 0.298 e. The smallest absolute Gasteiger partial charge is 0.145 e. The quantitative estimate of drug-likeness (QED) is 0.497. The van der Waals surface area contributed by atoms with Crippen LogP contribution in [-0.4, -0.2) is 6.29 Å². The van der Waals surface area contributed by atoms with Crippen LogP contribution in [-0.2, 0) is 4.79 Å². The minimum atomic E-state index is 0.758. The molecule has 1 aromatic carbocycles. The Kier molecular flexibility index (Phi) is 3.02. The average molecular weight is 174 g/mol. The monoisotopic (exact) mass is 174 g/mol. The van der Waals surface area contributed by atoms with Crippen molar-refractivity contribution in [1.82, 2.24) is 0 Å². The molecule has 0 aliphatic heterocycles. The molecule has 0 fully saturated rings. The van der Waals surface area contributed by atoms with Gasteiger partial charge in [0.2, 0.25) is 0 Å². The summed E-state index contributed by atoms with van der Waals surface area (Å²) in [4.78, 5) is 10.4. The summed E-state index contributed by atoms with van der Waals surface area (Å²) in [6.45, 7) is 5.91. The lowest BCUT2D eigenvalue weighted by Gasteiger charge is -2.01. The maximum Gasteiger partial charge on any atom is 0.145 e. The van der Waals surface area contributed by atoms with E-state index < -0.39 is 0 Å². The zero-order valence-electron chi connectivity index (χ0n) is 8.29. The van der Waals surface area contributed by atoms with E-state index in [9.17, 15) is 4.79 Å². The lowest BCUT2D eigenvalue weighted by Crippen LogP contribution is -1.84. The number of aryl methyl sites for hydroxylation is 2. The summed E-state index contributed by atoms with van der Waals surface area (Å²) < 4.78 is 0. The molecule has 0 spiro atoms. The normalized spacial score (nSPS) is 11.5. The lowest BCUT2D eigenvalue weighted by molar-refractivity contribution is -0.104. The summed E-state index contributed by atoms with van der Waals surface area (Å²) in [7, 11) is 0. The fraction of sp³-hybridized carbons (Fsp3) is 0.250. The van der Waals surface area contributed by atoms with Gasteiger partial charge in [-0.25, -0.2) is 0 Å². The standard InChI is InChI=1S/C12H14O/c1-9-4-5-11(3)12(6-9)7-10(2)8-13/h4-8H,1-3H3. The van der Waals surface area contributed by atoms with E-state index in [1.54, 1.807) is 0 Å². The van der Waals surface area contributed by atoms with E-state index in [2.05, 4.69) is 18.2 Å². The van der Waals surface area contributed by atoms with Gasteiger partial charge in [0.25, 0.3) is 0 Å². The SMILES string of the molecule is CC(C=O)=Cc1cc(C)ccc1C. The zero-order valence-corrected chi connectivity index (χ0v) is 8.29. The summed E-state index contributed by atoms with van der Waals surface area (Å²) in [5.41, 5.74) is 4.31. The molecule has 1 nitrogen and oxygen atoms in total. The van der Waals surface area contributed by atoms with Crippen LogP contribution in [0.1, 0.15) is 23.6 Å². The predicted molar refractivity (Wildman–Crippen MR) is 55.6 cm³/mol. The highest BCUT2D eigenvalue weighted by Gasteiger charge is 1.95. The first-order valence-electron chi connectivity index (χ1n) is 4.34. The number of allylic oxidation sites excluding steroid dienone is 1. The molecule has 0 aromatic heterocycles. The van der Waals surface area contributed by atoms with Crippen LogP contribution in [0.4, 0.5) is 0 Å². The molecule has 0 radical (unpaired) electrons. The molecule has 0 bridgehead atoms. The second kappa shape index (κ2) is 4.04. The van der Waals surface area contributed by atoms with E-state index in [0.717, 1.165) is 17.4 Å². The Balaban J connectivity index is 3.13. The summed E-state index contributed by atoms with van der Waals surface area (Å²) >= 11 is 0. The first-order chi connectivity index (χ1) is 6.13. The molecule has 0 heterocycles. The number of rotatable bonds is 2. The summed E-state index contributed by atoms with van der Waals surface area (Å²) in [5, 5.41) is 0.